The van der Waals surface area contributed by atoms with Gasteiger partial charge in [0.1, 0.15) is 5.75 Å². The van der Waals surface area contributed by atoms with Gasteiger partial charge in [0.05, 0.1) is 18.7 Å². The van der Waals surface area contributed by atoms with E-state index in [0.29, 0.717) is 10.8 Å². The van der Waals surface area contributed by atoms with E-state index in [0.717, 1.165) is 25.3 Å². The van der Waals surface area contributed by atoms with Gasteiger partial charge in [-0.15, -0.1) is 0 Å². The molecular formula is C14H20ClNO2. The summed E-state index contributed by atoms with van der Waals surface area (Å²) in [6.45, 7) is 4.50. The van der Waals surface area contributed by atoms with Crippen molar-refractivity contribution in [2.24, 2.45) is 0 Å². The average molecular weight is 270 g/mol. The van der Waals surface area contributed by atoms with Crippen LogP contribution in [0, 0.1) is 0 Å². The lowest BCUT2D eigenvalue weighted by Crippen LogP contribution is -2.20. The predicted molar refractivity (Wildman–Crippen MR) is 76.4 cm³/mol. The van der Waals surface area contributed by atoms with Gasteiger partial charge in [-0.1, -0.05) is 29.3 Å². The molecule has 0 radical (unpaired) electrons. The normalized spacial score (nSPS) is 11.7. The molecule has 1 aromatic carbocycles. The Morgan fingerprint density at radius 1 is 1.39 bits per heavy atom. The summed E-state index contributed by atoms with van der Waals surface area (Å²) in [4.78, 5) is 0. The summed E-state index contributed by atoms with van der Waals surface area (Å²) in [5, 5.41) is 3.92. The van der Waals surface area contributed by atoms with Crippen LogP contribution in [0.1, 0.15) is 12.5 Å². The molecule has 18 heavy (non-hydrogen) atoms. The quantitative estimate of drug-likeness (QED) is 0.772. The number of ether oxygens (including phenoxy) is 2. The molecular weight excluding hydrogens is 250 g/mol. The van der Waals surface area contributed by atoms with Gasteiger partial charge in [-0.25, -0.2) is 0 Å². The number of rotatable bonds is 7. The van der Waals surface area contributed by atoms with Crippen molar-refractivity contribution in [2.75, 3.05) is 33.9 Å². The van der Waals surface area contributed by atoms with E-state index in [-0.39, 0.29) is 0 Å². The maximum atomic E-state index is 6.07. The zero-order valence-corrected chi connectivity index (χ0v) is 11.9. The SMILES string of the molecule is COCCNCC(C)=Cc1ccc(OC)c(Cl)c1. The number of halogens is 1. The van der Waals surface area contributed by atoms with E-state index in [1.165, 1.54) is 5.57 Å². The average Bonchev–Trinajstić information content (AvgIpc) is 2.35. The molecule has 0 aliphatic carbocycles. The van der Waals surface area contributed by atoms with Gasteiger partial charge in [0, 0.05) is 20.2 Å². The number of nitrogens with one attached hydrogen (secondary N) is 1. The lowest BCUT2D eigenvalue weighted by Gasteiger charge is -2.06. The van der Waals surface area contributed by atoms with Crippen molar-refractivity contribution >= 4 is 17.7 Å². The van der Waals surface area contributed by atoms with E-state index in [2.05, 4.69) is 18.3 Å². The van der Waals surface area contributed by atoms with Gasteiger partial charge in [0.15, 0.2) is 0 Å². The molecule has 1 aromatic rings. The van der Waals surface area contributed by atoms with E-state index in [1.807, 2.05) is 18.2 Å². The Morgan fingerprint density at radius 2 is 2.17 bits per heavy atom. The van der Waals surface area contributed by atoms with Crippen molar-refractivity contribution < 1.29 is 9.47 Å². The molecule has 0 saturated carbocycles. The summed E-state index contributed by atoms with van der Waals surface area (Å²) in [6.07, 6.45) is 2.10. The second-order valence-electron chi connectivity index (χ2n) is 4.05. The molecule has 0 atom stereocenters. The number of hydrogen-bond donors (Lipinski definition) is 1. The highest BCUT2D eigenvalue weighted by Crippen LogP contribution is 2.25. The van der Waals surface area contributed by atoms with Crippen LogP contribution in [0.5, 0.6) is 5.75 Å². The van der Waals surface area contributed by atoms with Gasteiger partial charge >= 0.3 is 0 Å². The topological polar surface area (TPSA) is 30.5 Å². The summed E-state index contributed by atoms with van der Waals surface area (Å²) < 4.78 is 10.1. The van der Waals surface area contributed by atoms with Gasteiger partial charge in [-0.05, 0) is 24.6 Å². The van der Waals surface area contributed by atoms with E-state index in [1.54, 1.807) is 14.2 Å². The van der Waals surface area contributed by atoms with Crippen molar-refractivity contribution in [2.45, 2.75) is 6.92 Å². The minimum atomic E-state index is 0.631. The predicted octanol–water partition coefficient (Wildman–Crippen LogP) is 2.99. The first kappa shape index (κ1) is 15.0. The van der Waals surface area contributed by atoms with Crippen LogP contribution in [0.3, 0.4) is 0 Å². The van der Waals surface area contributed by atoms with Crippen LogP contribution in [-0.2, 0) is 4.74 Å². The second-order valence-corrected chi connectivity index (χ2v) is 4.46. The number of methoxy groups -OCH3 is 2. The lowest BCUT2D eigenvalue weighted by molar-refractivity contribution is 0.200. The third-order valence-corrected chi connectivity index (χ3v) is 2.77. The van der Waals surface area contributed by atoms with E-state index >= 15 is 0 Å². The van der Waals surface area contributed by atoms with Crippen LogP contribution in [0.15, 0.2) is 23.8 Å². The van der Waals surface area contributed by atoms with E-state index in [9.17, 15) is 0 Å². The molecule has 0 spiro atoms. The molecule has 1 N–H and O–H groups in total. The fourth-order valence-electron chi connectivity index (χ4n) is 1.57. The molecule has 0 aliphatic rings. The van der Waals surface area contributed by atoms with Gasteiger partial charge in [-0.3, -0.25) is 0 Å². The highest BCUT2D eigenvalue weighted by Gasteiger charge is 2.00. The fraction of sp³-hybridized carbons (Fsp3) is 0.429. The van der Waals surface area contributed by atoms with Crippen LogP contribution in [0.25, 0.3) is 6.08 Å². The van der Waals surface area contributed by atoms with Crippen molar-refractivity contribution in [3.8, 4) is 5.75 Å². The zero-order chi connectivity index (χ0) is 13.4. The van der Waals surface area contributed by atoms with Crippen molar-refractivity contribution in [1.29, 1.82) is 0 Å². The molecule has 0 amide bonds. The minimum absolute atomic E-state index is 0.631. The van der Waals surface area contributed by atoms with E-state index in [4.69, 9.17) is 21.1 Å². The molecule has 0 saturated heterocycles. The monoisotopic (exact) mass is 269 g/mol. The maximum absolute atomic E-state index is 6.07. The third kappa shape index (κ3) is 5.08. The van der Waals surface area contributed by atoms with Gasteiger partial charge in [0.2, 0.25) is 0 Å². The van der Waals surface area contributed by atoms with Gasteiger partial charge in [0.25, 0.3) is 0 Å². The largest absolute Gasteiger partial charge is 0.495 e. The molecule has 1 rings (SSSR count). The first-order chi connectivity index (χ1) is 8.67. The first-order valence-corrected chi connectivity index (χ1v) is 6.25. The summed E-state index contributed by atoms with van der Waals surface area (Å²) in [5.74, 6) is 0.699. The molecule has 4 heteroatoms. The Morgan fingerprint density at radius 3 is 2.78 bits per heavy atom. The van der Waals surface area contributed by atoms with E-state index < -0.39 is 0 Å². The molecule has 0 aromatic heterocycles. The van der Waals surface area contributed by atoms with Crippen LogP contribution in [0.2, 0.25) is 5.02 Å². The number of benzene rings is 1. The highest BCUT2D eigenvalue weighted by molar-refractivity contribution is 6.32. The molecule has 0 bridgehead atoms. The molecule has 3 nitrogen and oxygen atoms in total. The molecule has 100 valence electrons. The fourth-order valence-corrected chi connectivity index (χ4v) is 1.83. The Balaban J connectivity index is 2.56. The lowest BCUT2D eigenvalue weighted by atomic mass is 10.1. The maximum Gasteiger partial charge on any atom is 0.137 e. The minimum Gasteiger partial charge on any atom is -0.495 e. The smallest absolute Gasteiger partial charge is 0.137 e. The summed E-state index contributed by atoms with van der Waals surface area (Å²) in [5.41, 5.74) is 2.32. The third-order valence-electron chi connectivity index (χ3n) is 2.48. The van der Waals surface area contributed by atoms with Crippen LogP contribution < -0.4 is 10.1 Å². The molecule has 0 heterocycles. The molecule has 0 aliphatic heterocycles. The Bertz CT molecular complexity index is 405. The summed E-state index contributed by atoms with van der Waals surface area (Å²) in [7, 11) is 3.31. The molecule has 0 fully saturated rings. The van der Waals surface area contributed by atoms with Crippen LogP contribution in [-0.4, -0.2) is 33.9 Å². The van der Waals surface area contributed by atoms with Gasteiger partial charge in [-0.2, -0.15) is 0 Å². The Labute approximate surface area is 114 Å². The summed E-state index contributed by atoms with van der Waals surface area (Å²) >= 11 is 6.07. The van der Waals surface area contributed by atoms with Crippen molar-refractivity contribution in [3.63, 3.8) is 0 Å². The zero-order valence-electron chi connectivity index (χ0n) is 11.1. The highest BCUT2D eigenvalue weighted by atomic mass is 35.5. The standard InChI is InChI=1S/C14H20ClNO2/c1-11(10-16-6-7-17-2)8-12-4-5-14(18-3)13(15)9-12/h4-5,8-9,16H,6-7,10H2,1-3H3. The summed E-state index contributed by atoms with van der Waals surface area (Å²) in [6, 6.07) is 5.77. The first-order valence-electron chi connectivity index (χ1n) is 5.87. The van der Waals surface area contributed by atoms with Crippen molar-refractivity contribution in [1.82, 2.24) is 5.32 Å². The Hall–Kier alpha value is -1.03. The number of hydrogen-bond acceptors (Lipinski definition) is 3. The van der Waals surface area contributed by atoms with Crippen LogP contribution >= 0.6 is 11.6 Å². The second kappa shape index (κ2) is 8.14. The van der Waals surface area contributed by atoms with Crippen LogP contribution in [0.4, 0.5) is 0 Å². The Kier molecular flexibility index (Phi) is 6.80. The van der Waals surface area contributed by atoms with Crippen molar-refractivity contribution in [3.05, 3.63) is 34.4 Å². The molecule has 0 unspecified atom stereocenters. The van der Waals surface area contributed by atoms with Gasteiger partial charge < -0.3 is 14.8 Å².